The molecular weight excluding hydrogens is 356 g/mol. The van der Waals surface area contributed by atoms with E-state index in [1.54, 1.807) is 16.5 Å². The first kappa shape index (κ1) is 17.8. The molecule has 1 aliphatic rings. The van der Waals surface area contributed by atoms with Gasteiger partial charge >= 0.3 is 12.0 Å². The maximum Gasteiger partial charge on any atom is 0.343 e. The van der Waals surface area contributed by atoms with Gasteiger partial charge in [0.1, 0.15) is 11.4 Å². The van der Waals surface area contributed by atoms with E-state index in [0.717, 1.165) is 5.56 Å². The quantitative estimate of drug-likeness (QED) is 0.702. The van der Waals surface area contributed by atoms with Crippen molar-refractivity contribution in [1.29, 1.82) is 0 Å². The van der Waals surface area contributed by atoms with Gasteiger partial charge in [-0.15, -0.1) is 0 Å². The van der Waals surface area contributed by atoms with Crippen LogP contribution in [0.5, 0.6) is 0 Å². The molecule has 0 saturated heterocycles. The lowest BCUT2D eigenvalue weighted by atomic mass is 10.1. The number of anilines is 2. The van der Waals surface area contributed by atoms with Gasteiger partial charge in [0.05, 0.1) is 25.4 Å². The number of para-hydroxylation sites is 1. The fraction of sp³-hybridized carbons (Fsp3) is 0.190. The molecule has 0 fully saturated rings. The first-order valence-corrected chi connectivity index (χ1v) is 9.12. The molecule has 142 valence electrons. The molecule has 2 heterocycles. The zero-order valence-corrected chi connectivity index (χ0v) is 15.4. The topological polar surface area (TPSA) is 76.5 Å². The van der Waals surface area contributed by atoms with Gasteiger partial charge in [-0.25, -0.2) is 14.3 Å². The molecule has 2 aromatic carbocycles. The van der Waals surface area contributed by atoms with E-state index in [1.165, 1.54) is 6.20 Å². The van der Waals surface area contributed by atoms with E-state index in [9.17, 15) is 9.59 Å². The third-order valence-corrected chi connectivity index (χ3v) is 4.62. The van der Waals surface area contributed by atoms with Crippen LogP contribution >= 0.6 is 0 Å². The minimum atomic E-state index is -0.491. The fourth-order valence-corrected chi connectivity index (χ4v) is 3.39. The molecule has 3 aromatic rings. The van der Waals surface area contributed by atoms with Crippen LogP contribution in [0.25, 0.3) is 0 Å². The summed E-state index contributed by atoms with van der Waals surface area (Å²) in [5.41, 5.74) is 1.92. The molecule has 7 nitrogen and oxygen atoms in total. The predicted molar refractivity (Wildman–Crippen MR) is 105 cm³/mol. The number of carbonyl (C=O) groups excluding carboxylic acids is 2. The van der Waals surface area contributed by atoms with Crippen LogP contribution in [0.3, 0.4) is 0 Å². The molecule has 7 heteroatoms. The van der Waals surface area contributed by atoms with Crippen LogP contribution < -0.4 is 10.2 Å². The molecule has 1 atom stereocenters. The van der Waals surface area contributed by atoms with Crippen molar-refractivity contribution in [2.45, 2.75) is 19.5 Å². The minimum Gasteiger partial charge on any atom is -0.462 e. The highest BCUT2D eigenvalue weighted by molar-refractivity contribution is 6.06. The zero-order chi connectivity index (χ0) is 19.5. The molecule has 0 bridgehead atoms. The van der Waals surface area contributed by atoms with Crippen molar-refractivity contribution in [1.82, 2.24) is 9.78 Å². The number of nitrogens with one attached hydrogen (secondary N) is 1. The van der Waals surface area contributed by atoms with Gasteiger partial charge in [-0.2, -0.15) is 5.10 Å². The second-order valence-corrected chi connectivity index (χ2v) is 6.38. The summed E-state index contributed by atoms with van der Waals surface area (Å²) in [4.78, 5) is 27.2. The number of fused-ring (bicyclic) bond motifs is 1. The summed E-state index contributed by atoms with van der Waals surface area (Å²) < 4.78 is 6.82. The number of urea groups is 1. The predicted octanol–water partition coefficient (Wildman–Crippen LogP) is 3.85. The number of ether oxygens (including phenoxy) is 1. The van der Waals surface area contributed by atoms with Crippen LogP contribution in [0.2, 0.25) is 0 Å². The van der Waals surface area contributed by atoms with Crippen LogP contribution in [0, 0.1) is 0 Å². The van der Waals surface area contributed by atoms with Gasteiger partial charge in [0.2, 0.25) is 0 Å². The number of hydrogen-bond acceptors (Lipinski definition) is 4. The van der Waals surface area contributed by atoms with Crippen LogP contribution in [-0.2, 0) is 11.3 Å². The van der Waals surface area contributed by atoms with Crippen molar-refractivity contribution in [3.63, 3.8) is 0 Å². The van der Waals surface area contributed by atoms with Crippen molar-refractivity contribution in [2.24, 2.45) is 0 Å². The van der Waals surface area contributed by atoms with E-state index < -0.39 is 5.97 Å². The summed E-state index contributed by atoms with van der Waals surface area (Å²) in [6, 6.07) is 18.3. The third-order valence-electron chi connectivity index (χ3n) is 4.62. The van der Waals surface area contributed by atoms with Crippen molar-refractivity contribution < 1.29 is 14.3 Å². The van der Waals surface area contributed by atoms with Crippen LogP contribution in [0.1, 0.15) is 28.9 Å². The third kappa shape index (κ3) is 3.22. The number of amides is 2. The first-order valence-electron chi connectivity index (χ1n) is 9.12. The lowest BCUT2D eigenvalue weighted by Crippen LogP contribution is -2.36. The van der Waals surface area contributed by atoms with Crippen LogP contribution in [-0.4, -0.2) is 28.4 Å². The van der Waals surface area contributed by atoms with Crippen molar-refractivity contribution in [3.8, 4) is 0 Å². The smallest absolute Gasteiger partial charge is 0.343 e. The minimum absolute atomic E-state index is 0.252. The molecular formula is C21H20N4O3. The van der Waals surface area contributed by atoms with Crippen LogP contribution in [0.15, 0.2) is 66.9 Å². The summed E-state index contributed by atoms with van der Waals surface area (Å²) in [7, 11) is 0. The molecule has 2 amide bonds. The number of esters is 1. The molecule has 0 saturated carbocycles. The van der Waals surface area contributed by atoms with E-state index in [2.05, 4.69) is 10.4 Å². The Morgan fingerprint density at radius 3 is 2.46 bits per heavy atom. The SMILES string of the molecule is CCOC(=O)c1cnn2c1N(C(=O)Nc1ccccc1)C(c1ccccc1)C2. The van der Waals surface area contributed by atoms with Gasteiger partial charge in [0, 0.05) is 5.69 Å². The molecule has 0 aliphatic carbocycles. The number of nitrogens with zero attached hydrogens (tertiary/aromatic N) is 3. The lowest BCUT2D eigenvalue weighted by Gasteiger charge is -2.25. The Hall–Kier alpha value is -3.61. The molecule has 0 radical (unpaired) electrons. The first-order chi connectivity index (χ1) is 13.7. The average molecular weight is 376 g/mol. The molecule has 1 aliphatic heterocycles. The monoisotopic (exact) mass is 376 g/mol. The van der Waals surface area contributed by atoms with E-state index in [4.69, 9.17) is 4.74 Å². The second-order valence-electron chi connectivity index (χ2n) is 6.38. The highest BCUT2D eigenvalue weighted by Gasteiger charge is 2.39. The standard InChI is InChI=1S/C21H20N4O3/c1-2-28-20(26)17-13-22-24-14-18(15-9-5-3-6-10-15)25(19(17)24)21(27)23-16-11-7-4-8-12-16/h3-13,18H,2,14H2,1H3,(H,23,27). The summed E-state index contributed by atoms with van der Waals surface area (Å²) in [5, 5.41) is 7.22. The molecule has 28 heavy (non-hydrogen) atoms. The highest BCUT2D eigenvalue weighted by Crippen LogP contribution is 2.38. The van der Waals surface area contributed by atoms with E-state index in [0.29, 0.717) is 18.1 Å². The molecule has 1 aromatic heterocycles. The van der Waals surface area contributed by atoms with E-state index in [-0.39, 0.29) is 24.2 Å². The highest BCUT2D eigenvalue weighted by atomic mass is 16.5. The summed E-state index contributed by atoms with van der Waals surface area (Å²) in [6.45, 7) is 2.46. The van der Waals surface area contributed by atoms with Gasteiger partial charge in [0.25, 0.3) is 0 Å². The Morgan fingerprint density at radius 1 is 1.11 bits per heavy atom. The number of hydrogen-bond donors (Lipinski definition) is 1. The summed E-state index contributed by atoms with van der Waals surface area (Å²) >= 11 is 0. The largest absolute Gasteiger partial charge is 0.462 e. The Kier molecular flexibility index (Phi) is 4.80. The van der Waals surface area contributed by atoms with E-state index >= 15 is 0 Å². The van der Waals surface area contributed by atoms with Gasteiger partial charge in [-0.3, -0.25) is 4.90 Å². The number of rotatable bonds is 4. The molecule has 1 unspecified atom stereocenters. The maximum atomic E-state index is 13.2. The number of carbonyl (C=O) groups is 2. The Labute approximate surface area is 162 Å². The molecule has 1 N–H and O–H groups in total. The van der Waals surface area contributed by atoms with Crippen molar-refractivity contribution in [2.75, 3.05) is 16.8 Å². The molecule has 4 rings (SSSR count). The lowest BCUT2D eigenvalue weighted by molar-refractivity contribution is 0.0527. The van der Waals surface area contributed by atoms with Crippen LogP contribution in [0.4, 0.5) is 16.3 Å². The maximum absolute atomic E-state index is 13.2. The Bertz CT molecular complexity index is 985. The second kappa shape index (κ2) is 7.56. The average Bonchev–Trinajstić information content (AvgIpc) is 3.29. The summed E-state index contributed by atoms with van der Waals surface area (Å²) in [5.74, 6) is -0.0456. The Balaban J connectivity index is 1.73. The Morgan fingerprint density at radius 2 is 1.79 bits per heavy atom. The number of aromatic nitrogens is 2. The van der Waals surface area contributed by atoms with Crippen molar-refractivity contribution in [3.05, 3.63) is 78.0 Å². The fourth-order valence-electron chi connectivity index (χ4n) is 3.39. The van der Waals surface area contributed by atoms with Crippen molar-refractivity contribution >= 4 is 23.5 Å². The normalized spacial score (nSPS) is 15.2. The van der Waals surface area contributed by atoms with E-state index in [1.807, 2.05) is 60.7 Å². The number of benzene rings is 2. The molecule has 0 spiro atoms. The summed E-state index contributed by atoms with van der Waals surface area (Å²) in [6.07, 6.45) is 1.46. The van der Waals surface area contributed by atoms with Gasteiger partial charge in [0.15, 0.2) is 0 Å². The van der Waals surface area contributed by atoms with Gasteiger partial charge in [-0.05, 0) is 24.6 Å². The zero-order valence-electron chi connectivity index (χ0n) is 15.4. The van der Waals surface area contributed by atoms with Gasteiger partial charge in [-0.1, -0.05) is 48.5 Å². The van der Waals surface area contributed by atoms with Gasteiger partial charge < -0.3 is 10.1 Å².